The summed E-state index contributed by atoms with van der Waals surface area (Å²) in [7, 11) is 1.92. The second kappa shape index (κ2) is 7.84. The van der Waals surface area contributed by atoms with Crippen molar-refractivity contribution in [3.05, 3.63) is 48.2 Å². The van der Waals surface area contributed by atoms with Gasteiger partial charge in [0.05, 0.1) is 18.8 Å². The van der Waals surface area contributed by atoms with E-state index >= 15 is 0 Å². The molecule has 2 aliphatic heterocycles. The molecule has 1 N–H and O–H groups in total. The fourth-order valence-corrected chi connectivity index (χ4v) is 4.18. The first-order chi connectivity index (χ1) is 13.1. The van der Waals surface area contributed by atoms with Gasteiger partial charge >= 0.3 is 0 Å². The van der Waals surface area contributed by atoms with Crippen LogP contribution >= 0.6 is 0 Å². The number of hydrogen-bond acceptors (Lipinski definition) is 4. The predicted octanol–water partition coefficient (Wildman–Crippen LogP) is 1.60. The fourth-order valence-electron chi connectivity index (χ4n) is 4.18. The first-order valence-electron chi connectivity index (χ1n) is 9.65. The van der Waals surface area contributed by atoms with Crippen LogP contribution in [0, 0.1) is 0 Å². The van der Waals surface area contributed by atoms with E-state index in [1.165, 1.54) is 0 Å². The molecule has 0 saturated carbocycles. The van der Waals surface area contributed by atoms with E-state index < -0.39 is 6.10 Å². The van der Waals surface area contributed by atoms with Crippen molar-refractivity contribution in [2.24, 2.45) is 7.05 Å². The summed E-state index contributed by atoms with van der Waals surface area (Å²) in [6, 6.07) is 13.9. The lowest BCUT2D eigenvalue weighted by molar-refractivity contribution is 0.0743. The summed E-state index contributed by atoms with van der Waals surface area (Å²) in [5, 5.41) is 10.6. The van der Waals surface area contributed by atoms with Crippen molar-refractivity contribution in [3.8, 4) is 11.3 Å². The van der Waals surface area contributed by atoms with Crippen molar-refractivity contribution < 1.29 is 14.6 Å². The Morgan fingerprint density at radius 3 is 2.70 bits per heavy atom. The Kier molecular flexibility index (Phi) is 5.29. The third kappa shape index (κ3) is 3.65. The fraction of sp³-hybridized carbons (Fsp3) is 0.476. The van der Waals surface area contributed by atoms with Crippen molar-refractivity contribution in [2.75, 3.05) is 39.4 Å². The Balaban J connectivity index is 1.50. The van der Waals surface area contributed by atoms with E-state index in [-0.39, 0.29) is 11.9 Å². The molecule has 0 aliphatic carbocycles. The van der Waals surface area contributed by atoms with Gasteiger partial charge in [-0.1, -0.05) is 30.3 Å². The molecule has 2 atom stereocenters. The van der Waals surface area contributed by atoms with Gasteiger partial charge in [0.15, 0.2) is 0 Å². The summed E-state index contributed by atoms with van der Waals surface area (Å²) >= 11 is 0. The van der Waals surface area contributed by atoms with Gasteiger partial charge in [0, 0.05) is 45.5 Å². The molecule has 0 spiro atoms. The number of aromatic nitrogens is 1. The van der Waals surface area contributed by atoms with E-state index in [0.29, 0.717) is 25.4 Å². The second-order valence-electron chi connectivity index (χ2n) is 7.38. The number of hydrogen-bond donors (Lipinski definition) is 1. The van der Waals surface area contributed by atoms with Crippen molar-refractivity contribution >= 4 is 5.91 Å². The van der Waals surface area contributed by atoms with Crippen LogP contribution in [0.4, 0.5) is 0 Å². The van der Waals surface area contributed by atoms with E-state index in [1.807, 2.05) is 54.1 Å². The molecule has 0 bridgehead atoms. The van der Waals surface area contributed by atoms with Gasteiger partial charge in [-0.2, -0.15) is 0 Å². The monoisotopic (exact) mass is 369 g/mol. The molecule has 0 unspecified atom stereocenters. The van der Waals surface area contributed by atoms with Crippen LogP contribution in [0.3, 0.4) is 0 Å². The predicted molar refractivity (Wildman–Crippen MR) is 104 cm³/mol. The first kappa shape index (κ1) is 18.2. The third-order valence-corrected chi connectivity index (χ3v) is 5.68. The van der Waals surface area contributed by atoms with E-state index in [1.54, 1.807) is 4.90 Å². The molecule has 27 heavy (non-hydrogen) atoms. The molecule has 3 heterocycles. The Morgan fingerprint density at radius 1 is 1.07 bits per heavy atom. The van der Waals surface area contributed by atoms with Gasteiger partial charge < -0.3 is 19.3 Å². The maximum atomic E-state index is 13.1. The molecular weight excluding hydrogens is 342 g/mol. The van der Waals surface area contributed by atoms with Crippen LogP contribution in [0.2, 0.25) is 0 Å². The molecule has 144 valence electrons. The van der Waals surface area contributed by atoms with E-state index in [9.17, 15) is 9.90 Å². The summed E-state index contributed by atoms with van der Waals surface area (Å²) in [6.45, 7) is 4.12. The number of β-amino-alcohol motifs (C(OH)–C–C–N with tert-alkyl or cyclic N) is 1. The van der Waals surface area contributed by atoms with Crippen LogP contribution in [0.5, 0.6) is 0 Å². The summed E-state index contributed by atoms with van der Waals surface area (Å²) in [4.78, 5) is 17.2. The standard InChI is InChI=1S/C21H27N3O3/c1-22-17(16-6-3-2-4-7-16)8-9-18(22)21(26)24-14-19(20(25)15-24)23-10-5-12-27-13-11-23/h2-4,6-9,19-20,25H,5,10-15H2,1H3/t19-,20-/m0/s1. The summed E-state index contributed by atoms with van der Waals surface area (Å²) in [5.41, 5.74) is 2.75. The van der Waals surface area contributed by atoms with Gasteiger partial charge in [0.2, 0.25) is 0 Å². The maximum absolute atomic E-state index is 13.1. The number of rotatable bonds is 3. The Bertz CT molecular complexity index is 781. The number of nitrogens with zero attached hydrogens (tertiary/aromatic N) is 3. The minimum atomic E-state index is -0.513. The smallest absolute Gasteiger partial charge is 0.270 e. The second-order valence-corrected chi connectivity index (χ2v) is 7.38. The summed E-state index contributed by atoms with van der Waals surface area (Å²) in [5.74, 6) is -0.0210. The lowest BCUT2D eigenvalue weighted by Crippen LogP contribution is -2.44. The zero-order valence-electron chi connectivity index (χ0n) is 15.8. The average Bonchev–Trinajstić information content (AvgIpc) is 3.14. The van der Waals surface area contributed by atoms with Crippen LogP contribution in [0.25, 0.3) is 11.3 Å². The molecule has 1 amide bonds. The van der Waals surface area contributed by atoms with Crippen LogP contribution in [0.15, 0.2) is 42.5 Å². The molecule has 1 aromatic heterocycles. The minimum Gasteiger partial charge on any atom is -0.390 e. The Labute approximate surface area is 159 Å². The van der Waals surface area contributed by atoms with E-state index in [2.05, 4.69) is 4.90 Å². The lowest BCUT2D eigenvalue weighted by atomic mass is 10.2. The molecule has 6 nitrogen and oxygen atoms in total. The number of carbonyl (C=O) groups excluding carboxylic acids is 1. The highest BCUT2D eigenvalue weighted by atomic mass is 16.5. The van der Waals surface area contributed by atoms with Gasteiger partial charge in [-0.3, -0.25) is 9.69 Å². The number of aliphatic hydroxyl groups is 1. The molecular formula is C21H27N3O3. The molecule has 2 aliphatic rings. The number of aliphatic hydroxyl groups excluding tert-OH is 1. The zero-order chi connectivity index (χ0) is 18.8. The Hall–Kier alpha value is -2.15. The molecule has 2 saturated heterocycles. The van der Waals surface area contributed by atoms with Crippen molar-refractivity contribution in [3.63, 3.8) is 0 Å². The van der Waals surface area contributed by atoms with Crippen LogP contribution < -0.4 is 0 Å². The van der Waals surface area contributed by atoms with Crippen molar-refractivity contribution in [1.82, 2.24) is 14.4 Å². The van der Waals surface area contributed by atoms with Crippen molar-refractivity contribution in [2.45, 2.75) is 18.6 Å². The number of likely N-dealkylation sites (tertiary alicyclic amines) is 1. The normalized spacial score (nSPS) is 24.1. The summed E-state index contributed by atoms with van der Waals surface area (Å²) < 4.78 is 7.46. The topological polar surface area (TPSA) is 57.9 Å². The maximum Gasteiger partial charge on any atom is 0.270 e. The number of amides is 1. The first-order valence-corrected chi connectivity index (χ1v) is 9.65. The molecule has 6 heteroatoms. The van der Waals surface area contributed by atoms with E-state index in [4.69, 9.17) is 4.74 Å². The lowest BCUT2D eigenvalue weighted by Gasteiger charge is -2.28. The van der Waals surface area contributed by atoms with Crippen LogP contribution in [-0.2, 0) is 11.8 Å². The number of ether oxygens (including phenoxy) is 1. The number of benzene rings is 1. The minimum absolute atomic E-state index is 0.00971. The van der Waals surface area contributed by atoms with Crippen LogP contribution in [0.1, 0.15) is 16.9 Å². The molecule has 0 radical (unpaired) electrons. The molecule has 2 fully saturated rings. The quantitative estimate of drug-likeness (QED) is 0.893. The average molecular weight is 369 g/mol. The van der Waals surface area contributed by atoms with Crippen LogP contribution in [-0.4, -0.2) is 76.9 Å². The zero-order valence-corrected chi connectivity index (χ0v) is 15.8. The molecule has 4 rings (SSSR count). The number of carbonyl (C=O) groups is 1. The van der Waals surface area contributed by atoms with Gasteiger partial charge in [-0.05, 0) is 24.1 Å². The highest BCUT2D eigenvalue weighted by molar-refractivity contribution is 5.94. The van der Waals surface area contributed by atoms with E-state index in [0.717, 1.165) is 37.4 Å². The Morgan fingerprint density at radius 2 is 1.89 bits per heavy atom. The van der Waals surface area contributed by atoms with Gasteiger partial charge in [0.1, 0.15) is 5.69 Å². The largest absolute Gasteiger partial charge is 0.390 e. The third-order valence-electron chi connectivity index (χ3n) is 5.68. The summed E-state index contributed by atoms with van der Waals surface area (Å²) in [6.07, 6.45) is 0.455. The van der Waals surface area contributed by atoms with Gasteiger partial charge in [0.25, 0.3) is 5.91 Å². The van der Waals surface area contributed by atoms with Crippen molar-refractivity contribution in [1.29, 1.82) is 0 Å². The SMILES string of the molecule is Cn1c(C(=O)N2C[C@H](O)[C@@H](N3CCCOCC3)C2)ccc1-c1ccccc1. The van der Waals surface area contributed by atoms with Gasteiger partial charge in [-0.15, -0.1) is 0 Å². The van der Waals surface area contributed by atoms with Gasteiger partial charge in [-0.25, -0.2) is 0 Å². The molecule has 2 aromatic rings. The molecule has 1 aromatic carbocycles. The highest BCUT2D eigenvalue weighted by Gasteiger charge is 2.38. The highest BCUT2D eigenvalue weighted by Crippen LogP contribution is 2.24.